The molecular formula is C32H34N2O5S2. The number of aliphatic hydroxyl groups excluding tert-OH is 1. The maximum absolute atomic E-state index is 12.6. The molecule has 0 spiro atoms. The van der Waals surface area contributed by atoms with E-state index in [2.05, 4.69) is 11.6 Å². The summed E-state index contributed by atoms with van der Waals surface area (Å²) in [6.45, 7) is 2.28. The Balaban J connectivity index is 1.33. The van der Waals surface area contributed by atoms with Gasteiger partial charge in [-0.15, -0.1) is 11.8 Å². The summed E-state index contributed by atoms with van der Waals surface area (Å²) in [5.41, 5.74) is 10.4. The third-order valence-electron chi connectivity index (χ3n) is 7.22. The predicted molar refractivity (Wildman–Crippen MR) is 161 cm³/mol. The zero-order valence-electron chi connectivity index (χ0n) is 22.7. The number of aliphatic hydroxyl groups is 1. The lowest BCUT2D eigenvalue weighted by atomic mass is 9.91. The molecule has 0 radical (unpaired) electrons. The van der Waals surface area contributed by atoms with Gasteiger partial charge in [-0.25, -0.2) is 13.1 Å². The zero-order valence-corrected chi connectivity index (χ0v) is 24.4. The highest BCUT2D eigenvalue weighted by atomic mass is 32.2. The molecule has 1 aliphatic heterocycles. The van der Waals surface area contributed by atoms with Crippen molar-refractivity contribution in [3.63, 3.8) is 0 Å². The van der Waals surface area contributed by atoms with Crippen LogP contribution in [0.2, 0.25) is 0 Å². The normalized spacial score (nSPS) is 21.0. The van der Waals surface area contributed by atoms with Crippen LogP contribution in [0, 0.1) is 5.92 Å². The fourth-order valence-electron chi connectivity index (χ4n) is 4.75. The zero-order chi connectivity index (χ0) is 28.8. The molecule has 0 aliphatic carbocycles. The quantitative estimate of drug-likeness (QED) is 0.158. The number of thioether (sulfide) groups is 1. The number of nitrogens with one attached hydrogen (secondary N) is 1. The molecule has 1 fully saturated rings. The number of sulfonamides is 1. The van der Waals surface area contributed by atoms with Gasteiger partial charge in [0.1, 0.15) is 0 Å². The van der Waals surface area contributed by atoms with Crippen molar-refractivity contribution >= 4 is 27.5 Å². The van der Waals surface area contributed by atoms with Crippen LogP contribution in [0.5, 0.6) is 0 Å². The number of para-hydroxylation sites is 1. The summed E-state index contributed by atoms with van der Waals surface area (Å²) in [4.78, 5) is 1.24. The molecule has 0 saturated carbocycles. The van der Waals surface area contributed by atoms with Crippen LogP contribution in [0.1, 0.15) is 41.6 Å². The fraction of sp³-hybridized carbons (Fsp3) is 0.250. The Bertz CT molecular complexity index is 1530. The number of benzene rings is 4. The van der Waals surface area contributed by atoms with E-state index in [0.717, 1.165) is 32.8 Å². The highest BCUT2D eigenvalue weighted by molar-refractivity contribution is 7.99. The number of nitrogen functional groups attached to an aromatic ring is 1. The van der Waals surface area contributed by atoms with Crippen LogP contribution in [-0.4, -0.2) is 25.4 Å². The minimum atomic E-state index is -3.60. The third-order valence-corrected chi connectivity index (χ3v) is 9.81. The van der Waals surface area contributed by atoms with E-state index in [-0.39, 0.29) is 36.2 Å². The van der Waals surface area contributed by atoms with Crippen molar-refractivity contribution in [3.8, 4) is 0 Å². The Morgan fingerprint density at radius 2 is 1.46 bits per heavy atom. The van der Waals surface area contributed by atoms with Gasteiger partial charge in [0.2, 0.25) is 10.0 Å². The summed E-state index contributed by atoms with van der Waals surface area (Å²) in [5.74, 6) is 0.745. The Morgan fingerprint density at radius 1 is 0.829 bits per heavy atom. The van der Waals surface area contributed by atoms with E-state index in [1.54, 1.807) is 42.1 Å². The smallest absolute Gasteiger partial charge is 0.240 e. The molecule has 1 heterocycles. The molecule has 0 bridgehead atoms. The molecule has 5 rings (SSSR count). The van der Waals surface area contributed by atoms with Crippen molar-refractivity contribution in [1.82, 2.24) is 4.72 Å². The maximum Gasteiger partial charge on any atom is 0.240 e. The van der Waals surface area contributed by atoms with Crippen molar-refractivity contribution in [2.75, 3.05) is 11.5 Å². The number of rotatable bonds is 10. The molecule has 1 saturated heterocycles. The predicted octanol–water partition coefficient (Wildman–Crippen LogP) is 5.82. The molecule has 0 amide bonds. The average Bonchev–Trinajstić information content (AvgIpc) is 3.01. The van der Waals surface area contributed by atoms with Gasteiger partial charge >= 0.3 is 0 Å². The molecule has 4 unspecified atom stereocenters. The van der Waals surface area contributed by atoms with Crippen LogP contribution >= 0.6 is 11.8 Å². The monoisotopic (exact) mass is 590 g/mol. The first kappa shape index (κ1) is 29.3. The SMILES string of the molecule is CC1C(CSc2ccccc2N)OC(c2ccc(CNS(=O)(=O)c3ccccc3)cc2)OC1c1ccc(CO)cc1. The van der Waals surface area contributed by atoms with Gasteiger partial charge in [0, 0.05) is 34.4 Å². The second kappa shape index (κ2) is 13.2. The van der Waals surface area contributed by atoms with E-state index in [4.69, 9.17) is 15.2 Å². The largest absolute Gasteiger partial charge is 0.398 e. The van der Waals surface area contributed by atoms with Crippen molar-refractivity contribution in [2.45, 2.75) is 48.4 Å². The summed E-state index contributed by atoms with van der Waals surface area (Å²) in [5, 5.41) is 9.49. The summed E-state index contributed by atoms with van der Waals surface area (Å²) in [6, 6.07) is 31.5. The van der Waals surface area contributed by atoms with E-state index >= 15 is 0 Å². The molecule has 1 aliphatic rings. The number of nitrogens with two attached hydrogens (primary N) is 1. The lowest BCUT2D eigenvalue weighted by molar-refractivity contribution is -0.268. The number of ether oxygens (including phenoxy) is 2. The Kier molecular flexibility index (Phi) is 9.44. The van der Waals surface area contributed by atoms with Crippen LogP contribution < -0.4 is 10.5 Å². The first-order chi connectivity index (χ1) is 19.8. The van der Waals surface area contributed by atoms with Crippen molar-refractivity contribution in [3.05, 3.63) is 125 Å². The standard InChI is InChI=1S/C32H34N2O5S2/c1-22-29(21-40-30-10-6-5-9-28(30)33)38-32(39-31(22)25-15-13-24(20-35)14-16-25)26-17-11-23(12-18-26)19-34-41(36,37)27-7-3-2-4-8-27/h2-18,22,29,31-32,34-35H,19-21,33H2,1H3. The van der Waals surface area contributed by atoms with Gasteiger partial charge in [0.25, 0.3) is 0 Å². The average molecular weight is 591 g/mol. The molecule has 41 heavy (non-hydrogen) atoms. The molecule has 4 atom stereocenters. The second-order valence-electron chi connectivity index (χ2n) is 10.0. The molecule has 0 aromatic heterocycles. The van der Waals surface area contributed by atoms with E-state index < -0.39 is 16.3 Å². The summed E-state index contributed by atoms with van der Waals surface area (Å²) < 4.78 is 40.9. The van der Waals surface area contributed by atoms with Gasteiger partial charge < -0.3 is 20.3 Å². The fourth-order valence-corrected chi connectivity index (χ4v) is 6.92. The molecule has 7 nitrogen and oxygen atoms in total. The Morgan fingerprint density at radius 3 is 2.15 bits per heavy atom. The molecule has 4 aromatic carbocycles. The van der Waals surface area contributed by atoms with Crippen LogP contribution in [0.3, 0.4) is 0 Å². The van der Waals surface area contributed by atoms with E-state index in [0.29, 0.717) is 5.75 Å². The molecule has 9 heteroatoms. The minimum absolute atomic E-state index is 0.0152. The Labute approximate surface area is 245 Å². The summed E-state index contributed by atoms with van der Waals surface area (Å²) >= 11 is 1.66. The maximum atomic E-state index is 12.6. The highest BCUT2D eigenvalue weighted by Gasteiger charge is 2.38. The van der Waals surface area contributed by atoms with Crippen LogP contribution in [0.15, 0.2) is 113 Å². The van der Waals surface area contributed by atoms with Crippen molar-refractivity contribution < 1.29 is 23.0 Å². The number of anilines is 1. The van der Waals surface area contributed by atoms with Gasteiger partial charge in [-0.1, -0.05) is 85.8 Å². The van der Waals surface area contributed by atoms with Crippen LogP contribution in [-0.2, 0) is 32.6 Å². The lowest BCUT2D eigenvalue weighted by Gasteiger charge is -2.41. The molecular weight excluding hydrogens is 556 g/mol. The number of hydrogen-bond acceptors (Lipinski definition) is 7. The molecule has 4 aromatic rings. The van der Waals surface area contributed by atoms with E-state index in [1.165, 1.54) is 0 Å². The van der Waals surface area contributed by atoms with Crippen molar-refractivity contribution in [2.24, 2.45) is 5.92 Å². The van der Waals surface area contributed by atoms with E-state index in [1.807, 2.05) is 72.8 Å². The lowest BCUT2D eigenvalue weighted by Crippen LogP contribution is -2.38. The van der Waals surface area contributed by atoms with Gasteiger partial charge in [-0.2, -0.15) is 0 Å². The third kappa shape index (κ3) is 7.19. The van der Waals surface area contributed by atoms with Gasteiger partial charge in [0.15, 0.2) is 6.29 Å². The van der Waals surface area contributed by atoms with Crippen LogP contribution in [0.4, 0.5) is 5.69 Å². The number of hydrogen-bond donors (Lipinski definition) is 3. The first-order valence-electron chi connectivity index (χ1n) is 13.5. The Hall–Kier alpha value is -3.18. The molecule has 214 valence electrons. The van der Waals surface area contributed by atoms with Gasteiger partial charge in [-0.05, 0) is 41.0 Å². The van der Waals surface area contributed by atoms with E-state index in [9.17, 15) is 13.5 Å². The highest BCUT2D eigenvalue weighted by Crippen LogP contribution is 2.43. The van der Waals surface area contributed by atoms with Crippen LogP contribution in [0.25, 0.3) is 0 Å². The summed E-state index contributed by atoms with van der Waals surface area (Å²) in [7, 11) is -3.60. The first-order valence-corrected chi connectivity index (χ1v) is 15.9. The summed E-state index contributed by atoms with van der Waals surface area (Å²) in [6.07, 6.45) is -0.960. The minimum Gasteiger partial charge on any atom is -0.398 e. The topological polar surface area (TPSA) is 111 Å². The van der Waals surface area contributed by atoms with Crippen molar-refractivity contribution in [1.29, 1.82) is 0 Å². The van der Waals surface area contributed by atoms with Gasteiger partial charge in [0.05, 0.1) is 23.7 Å². The van der Waals surface area contributed by atoms with Gasteiger partial charge in [-0.3, -0.25) is 0 Å². The molecule has 4 N–H and O–H groups in total. The second-order valence-corrected chi connectivity index (χ2v) is 12.9.